The predicted octanol–water partition coefficient (Wildman–Crippen LogP) is 4.08. The van der Waals surface area contributed by atoms with Gasteiger partial charge in [-0.15, -0.1) is 0 Å². The first-order chi connectivity index (χ1) is 12.4. The molecule has 2 aromatic rings. The van der Waals surface area contributed by atoms with Crippen molar-refractivity contribution in [3.63, 3.8) is 0 Å². The average molecular weight is 363 g/mol. The van der Waals surface area contributed by atoms with Crippen LogP contribution in [0.4, 0.5) is 8.78 Å². The lowest BCUT2D eigenvalue weighted by molar-refractivity contribution is -0.0498. The zero-order valence-electron chi connectivity index (χ0n) is 14.5. The Morgan fingerprint density at radius 1 is 1.19 bits per heavy atom. The monoisotopic (exact) mass is 363 g/mol. The van der Waals surface area contributed by atoms with E-state index in [2.05, 4.69) is 9.30 Å². The van der Waals surface area contributed by atoms with E-state index in [1.165, 1.54) is 24.3 Å². The lowest BCUT2D eigenvalue weighted by Crippen LogP contribution is -2.15. The Kier molecular flexibility index (Phi) is 5.06. The molecule has 138 valence electrons. The topological polar surface area (TPSA) is 57.5 Å². The van der Waals surface area contributed by atoms with Crippen LogP contribution >= 0.6 is 0 Å². The van der Waals surface area contributed by atoms with Crippen molar-refractivity contribution in [1.82, 2.24) is 4.57 Å². The fourth-order valence-electron chi connectivity index (χ4n) is 2.99. The predicted molar refractivity (Wildman–Crippen MR) is 89.9 cm³/mol. The van der Waals surface area contributed by atoms with Crippen LogP contribution in [-0.4, -0.2) is 29.5 Å². The standard InChI is InChI=1S/C19H19F2NO4/c1-11-9-16(12(2)22(11)14-5-6-14)18(24)25-10-17(23)13-3-7-15(8-4-13)26-19(20)21/h3-4,7-9,14,19H,5-6,10H2,1-2H3. The van der Waals surface area contributed by atoms with Gasteiger partial charge in [0.15, 0.2) is 12.4 Å². The summed E-state index contributed by atoms with van der Waals surface area (Å²) in [6, 6.07) is 7.47. The Morgan fingerprint density at radius 2 is 1.85 bits per heavy atom. The summed E-state index contributed by atoms with van der Waals surface area (Å²) in [6.45, 7) is 0.468. The number of alkyl halides is 2. The van der Waals surface area contributed by atoms with Crippen molar-refractivity contribution in [2.45, 2.75) is 39.3 Å². The molecule has 7 heteroatoms. The summed E-state index contributed by atoms with van der Waals surface area (Å²) in [4.78, 5) is 24.4. The highest BCUT2D eigenvalue weighted by molar-refractivity contribution is 5.99. The van der Waals surface area contributed by atoms with E-state index in [-0.39, 0.29) is 11.3 Å². The van der Waals surface area contributed by atoms with Gasteiger partial charge in [0.05, 0.1) is 5.56 Å². The molecule has 0 amide bonds. The number of carbonyl (C=O) groups excluding carboxylic acids is 2. The van der Waals surface area contributed by atoms with Gasteiger partial charge in [0.1, 0.15) is 5.75 Å². The van der Waals surface area contributed by atoms with Gasteiger partial charge in [-0.1, -0.05) is 0 Å². The van der Waals surface area contributed by atoms with E-state index in [4.69, 9.17) is 4.74 Å². The molecule has 0 unspecified atom stereocenters. The Hall–Kier alpha value is -2.70. The number of carbonyl (C=O) groups is 2. The van der Waals surface area contributed by atoms with E-state index >= 15 is 0 Å². The van der Waals surface area contributed by atoms with Gasteiger partial charge in [-0.25, -0.2) is 4.79 Å². The summed E-state index contributed by atoms with van der Waals surface area (Å²) in [5.74, 6) is -1.00. The summed E-state index contributed by atoms with van der Waals surface area (Å²) >= 11 is 0. The van der Waals surface area contributed by atoms with E-state index in [1.807, 2.05) is 13.8 Å². The SMILES string of the molecule is Cc1cc(C(=O)OCC(=O)c2ccc(OC(F)F)cc2)c(C)n1C1CC1. The van der Waals surface area contributed by atoms with Crippen molar-refractivity contribution < 1.29 is 27.8 Å². The molecule has 1 aliphatic rings. The maximum Gasteiger partial charge on any atom is 0.387 e. The fraction of sp³-hybridized carbons (Fsp3) is 0.368. The molecule has 0 saturated heterocycles. The number of ketones is 1. The quantitative estimate of drug-likeness (QED) is 0.549. The van der Waals surface area contributed by atoms with Gasteiger partial charge in [-0.05, 0) is 57.0 Å². The van der Waals surface area contributed by atoms with E-state index in [1.54, 1.807) is 6.07 Å². The first-order valence-electron chi connectivity index (χ1n) is 8.30. The molecule has 1 aromatic heterocycles. The molecule has 1 aromatic carbocycles. The van der Waals surface area contributed by atoms with Crippen LogP contribution in [0.15, 0.2) is 30.3 Å². The van der Waals surface area contributed by atoms with Gasteiger partial charge in [0.2, 0.25) is 0 Å². The molecule has 26 heavy (non-hydrogen) atoms. The second-order valence-electron chi connectivity index (χ2n) is 6.29. The molecule has 0 radical (unpaired) electrons. The summed E-state index contributed by atoms with van der Waals surface area (Å²) in [5, 5.41) is 0. The molecular formula is C19H19F2NO4. The highest BCUT2D eigenvalue weighted by atomic mass is 19.3. The summed E-state index contributed by atoms with van der Waals surface area (Å²) < 4.78 is 35.7. The van der Waals surface area contributed by atoms with Gasteiger partial charge in [-0.3, -0.25) is 4.79 Å². The van der Waals surface area contributed by atoms with E-state index in [0.29, 0.717) is 11.6 Å². The highest BCUT2D eigenvalue weighted by Gasteiger charge is 2.28. The summed E-state index contributed by atoms with van der Waals surface area (Å²) in [7, 11) is 0. The number of esters is 1. The zero-order chi connectivity index (χ0) is 18.8. The van der Waals surface area contributed by atoms with Crippen LogP contribution in [0.2, 0.25) is 0 Å². The molecule has 3 rings (SSSR count). The number of ether oxygens (including phenoxy) is 2. The van der Waals surface area contributed by atoms with Gasteiger partial charge < -0.3 is 14.0 Å². The van der Waals surface area contributed by atoms with Crippen LogP contribution in [0, 0.1) is 13.8 Å². The van der Waals surface area contributed by atoms with Crippen molar-refractivity contribution in [2.24, 2.45) is 0 Å². The van der Waals surface area contributed by atoms with Crippen LogP contribution in [0.1, 0.15) is 51.0 Å². The van der Waals surface area contributed by atoms with Crippen LogP contribution in [0.25, 0.3) is 0 Å². The second kappa shape index (κ2) is 7.27. The molecule has 0 aliphatic heterocycles. The number of halogens is 2. The number of aryl methyl sites for hydroxylation is 1. The molecule has 5 nitrogen and oxygen atoms in total. The van der Waals surface area contributed by atoms with Crippen molar-refractivity contribution in [3.8, 4) is 5.75 Å². The van der Waals surface area contributed by atoms with Gasteiger partial charge in [-0.2, -0.15) is 8.78 Å². The first-order valence-corrected chi connectivity index (χ1v) is 8.30. The maximum atomic E-state index is 12.3. The normalized spacial score (nSPS) is 13.7. The van der Waals surface area contributed by atoms with Crippen molar-refractivity contribution >= 4 is 11.8 Å². The van der Waals surface area contributed by atoms with E-state index < -0.39 is 25.0 Å². The fourth-order valence-corrected chi connectivity index (χ4v) is 2.99. The van der Waals surface area contributed by atoms with E-state index in [9.17, 15) is 18.4 Å². The smallest absolute Gasteiger partial charge is 0.387 e. The minimum absolute atomic E-state index is 0.0407. The number of Topliss-reactive ketones (excluding diaryl/α,β-unsaturated/α-hetero) is 1. The minimum atomic E-state index is -2.92. The Bertz CT molecular complexity index is 823. The van der Waals surface area contributed by atoms with Gasteiger partial charge in [0, 0.05) is 23.0 Å². The van der Waals surface area contributed by atoms with Crippen LogP contribution < -0.4 is 4.74 Å². The molecule has 0 N–H and O–H groups in total. The number of hydrogen-bond acceptors (Lipinski definition) is 4. The lowest BCUT2D eigenvalue weighted by Gasteiger charge is -2.08. The largest absolute Gasteiger partial charge is 0.454 e. The van der Waals surface area contributed by atoms with Crippen molar-refractivity contribution in [2.75, 3.05) is 6.61 Å². The number of nitrogens with zero attached hydrogens (tertiary/aromatic N) is 1. The third-order valence-corrected chi connectivity index (χ3v) is 4.35. The molecule has 1 fully saturated rings. The Morgan fingerprint density at radius 3 is 2.42 bits per heavy atom. The number of hydrogen-bond donors (Lipinski definition) is 0. The molecule has 1 heterocycles. The summed E-state index contributed by atoms with van der Waals surface area (Å²) in [6.07, 6.45) is 2.21. The molecule has 0 bridgehead atoms. The maximum absolute atomic E-state index is 12.3. The number of aromatic nitrogens is 1. The Balaban J connectivity index is 1.61. The average Bonchev–Trinajstić information content (AvgIpc) is 3.37. The third kappa shape index (κ3) is 3.92. The van der Waals surface area contributed by atoms with Crippen LogP contribution in [-0.2, 0) is 4.74 Å². The van der Waals surface area contributed by atoms with Gasteiger partial charge >= 0.3 is 12.6 Å². The molecule has 0 spiro atoms. The zero-order valence-corrected chi connectivity index (χ0v) is 14.5. The summed E-state index contributed by atoms with van der Waals surface area (Å²) in [5.41, 5.74) is 2.56. The van der Waals surface area contributed by atoms with Crippen LogP contribution in [0.5, 0.6) is 5.75 Å². The van der Waals surface area contributed by atoms with E-state index in [0.717, 1.165) is 24.2 Å². The van der Waals surface area contributed by atoms with Crippen molar-refractivity contribution in [3.05, 3.63) is 52.8 Å². The van der Waals surface area contributed by atoms with Gasteiger partial charge in [0.25, 0.3) is 0 Å². The third-order valence-electron chi connectivity index (χ3n) is 4.35. The van der Waals surface area contributed by atoms with Crippen LogP contribution in [0.3, 0.4) is 0 Å². The lowest BCUT2D eigenvalue weighted by atomic mass is 10.1. The Labute approximate surface area is 149 Å². The van der Waals surface area contributed by atoms with Crippen molar-refractivity contribution in [1.29, 1.82) is 0 Å². The highest BCUT2D eigenvalue weighted by Crippen LogP contribution is 2.38. The first kappa shape index (κ1) is 18.1. The molecule has 1 saturated carbocycles. The molecule has 0 atom stereocenters. The number of rotatable bonds is 7. The second-order valence-corrected chi connectivity index (χ2v) is 6.29. The molecule has 1 aliphatic carbocycles. The molecular weight excluding hydrogens is 344 g/mol. The number of benzene rings is 1. The minimum Gasteiger partial charge on any atom is -0.454 e.